The highest BCUT2D eigenvalue weighted by molar-refractivity contribution is 5.90. The van der Waals surface area contributed by atoms with Crippen LogP contribution in [0.1, 0.15) is 43.0 Å². The number of rotatable bonds is 3. The van der Waals surface area contributed by atoms with Crippen molar-refractivity contribution in [1.82, 2.24) is 30.5 Å². The summed E-state index contributed by atoms with van der Waals surface area (Å²) >= 11 is 0. The lowest BCUT2D eigenvalue weighted by Gasteiger charge is -2.12. The summed E-state index contributed by atoms with van der Waals surface area (Å²) in [6.07, 6.45) is 3.33. The fraction of sp³-hybridized carbons (Fsp3) is 0.455. The second-order valence-electron chi connectivity index (χ2n) is 4.98. The maximum absolute atomic E-state index is 11.8. The fourth-order valence-electron chi connectivity index (χ4n) is 1.34. The number of amides is 1. The van der Waals surface area contributed by atoms with Crippen LogP contribution in [0.25, 0.3) is 0 Å². The summed E-state index contributed by atoms with van der Waals surface area (Å²) in [4.78, 5) is 22.9. The summed E-state index contributed by atoms with van der Waals surface area (Å²) in [6, 6.07) is 0. The molecule has 0 aliphatic rings. The number of nitrogens with one attached hydrogen (secondary N) is 3. The maximum atomic E-state index is 11.8. The first-order valence-electron chi connectivity index (χ1n) is 5.66. The zero-order valence-electron chi connectivity index (χ0n) is 10.6. The Morgan fingerprint density at radius 1 is 1.44 bits per heavy atom. The predicted molar refractivity (Wildman–Crippen MR) is 64.8 cm³/mol. The van der Waals surface area contributed by atoms with E-state index in [-0.39, 0.29) is 17.1 Å². The number of nitrogens with zero attached hydrogens (tertiary/aromatic N) is 3. The van der Waals surface area contributed by atoms with E-state index in [2.05, 4.69) is 30.5 Å². The van der Waals surface area contributed by atoms with Crippen LogP contribution in [0.5, 0.6) is 0 Å². The van der Waals surface area contributed by atoms with Gasteiger partial charge in [0.05, 0.1) is 6.54 Å². The molecule has 0 saturated carbocycles. The lowest BCUT2D eigenvalue weighted by atomic mass is 9.96. The molecule has 0 spiro atoms. The monoisotopic (exact) mass is 248 g/mol. The minimum Gasteiger partial charge on any atom is -0.347 e. The first-order valence-corrected chi connectivity index (χ1v) is 5.66. The van der Waals surface area contributed by atoms with Crippen LogP contribution in [0.2, 0.25) is 0 Å². The molecule has 0 aliphatic heterocycles. The molecule has 2 heterocycles. The van der Waals surface area contributed by atoms with Gasteiger partial charge in [0.1, 0.15) is 11.6 Å². The molecule has 3 N–H and O–H groups in total. The fourth-order valence-corrected chi connectivity index (χ4v) is 1.34. The average molecular weight is 248 g/mol. The molecule has 18 heavy (non-hydrogen) atoms. The molecule has 1 amide bonds. The third-order valence-electron chi connectivity index (χ3n) is 2.37. The minimum absolute atomic E-state index is 0.145. The molecule has 2 aromatic heterocycles. The molecule has 0 saturated heterocycles. The van der Waals surface area contributed by atoms with E-state index in [1.165, 1.54) is 0 Å². The molecule has 0 aliphatic carbocycles. The molecule has 7 nitrogen and oxygen atoms in total. The zero-order chi connectivity index (χ0) is 13.2. The Bertz CT molecular complexity index is 522. The van der Waals surface area contributed by atoms with Crippen molar-refractivity contribution in [3.63, 3.8) is 0 Å². The van der Waals surface area contributed by atoms with Gasteiger partial charge in [-0.15, -0.1) is 5.10 Å². The number of imidazole rings is 1. The Labute approximate surface area is 104 Å². The Kier molecular flexibility index (Phi) is 3.14. The molecule has 0 fully saturated rings. The van der Waals surface area contributed by atoms with Crippen LogP contribution in [-0.4, -0.2) is 31.1 Å². The van der Waals surface area contributed by atoms with Crippen LogP contribution in [0.3, 0.4) is 0 Å². The number of carbonyl (C=O) groups is 1. The van der Waals surface area contributed by atoms with E-state index in [1.54, 1.807) is 12.4 Å². The quantitative estimate of drug-likeness (QED) is 0.746. The van der Waals surface area contributed by atoms with Gasteiger partial charge in [-0.25, -0.2) is 9.97 Å². The first-order chi connectivity index (χ1) is 8.47. The summed E-state index contributed by atoms with van der Waals surface area (Å²) in [5.41, 5.74) is -0.160. The van der Waals surface area contributed by atoms with Crippen molar-refractivity contribution in [3.05, 3.63) is 29.9 Å². The first kappa shape index (κ1) is 12.3. The van der Waals surface area contributed by atoms with E-state index < -0.39 is 0 Å². The van der Waals surface area contributed by atoms with Crippen molar-refractivity contribution in [1.29, 1.82) is 0 Å². The summed E-state index contributed by atoms with van der Waals surface area (Å²) in [6.45, 7) is 6.32. The van der Waals surface area contributed by atoms with Gasteiger partial charge < -0.3 is 10.3 Å². The van der Waals surface area contributed by atoms with Crippen LogP contribution in [0, 0.1) is 0 Å². The molecule has 0 bridgehead atoms. The Morgan fingerprint density at radius 2 is 2.22 bits per heavy atom. The van der Waals surface area contributed by atoms with Crippen molar-refractivity contribution in [2.24, 2.45) is 0 Å². The molecule has 96 valence electrons. The summed E-state index contributed by atoms with van der Waals surface area (Å²) < 4.78 is 0. The number of H-pyrrole nitrogens is 2. The van der Waals surface area contributed by atoms with E-state index in [0.717, 1.165) is 0 Å². The third-order valence-corrected chi connectivity index (χ3v) is 2.37. The maximum Gasteiger partial charge on any atom is 0.291 e. The van der Waals surface area contributed by atoms with Gasteiger partial charge in [0.25, 0.3) is 5.91 Å². The van der Waals surface area contributed by atoms with Crippen LogP contribution < -0.4 is 5.32 Å². The molecule has 7 heteroatoms. The Balaban J connectivity index is 1.99. The van der Waals surface area contributed by atoms with E-state index in [0.29, 0.717) is 18.2 Å². The van der Waals surface area contributed by atoms with Gasteiger partial charge in [0, 0.05) is 17.8 Å². The van der Waals surface area contributed by atoms with Gasteiger partial charge in [-0.1, -0.05) is 20.8 Å². The molecule has 2 aromatic rings. The zero-order valence-corrected chi connectivity index (χ0v) is 10.6. The number of hydrogen-bond acceptors (Lipinski definition) is 4. The molecular formula is C11H16N6O. The second-order valence-corrected chi connectivity index (χ2v) is 4.98. The van der Waals surface area contributed by atoms with Crippen LogP contribution in [0.15, 0.2) is 12.4 Å². The average Bonchev–Trinajstić information content (AvgIpc) is 2.96. The number of aromatic amines is 2. The standard InChI is InChI=1S/C11H16N6O/c1-11(2,3)10-15-8(16-17-10)9(18)14-6-7-12-4-5-13-7/h4-5H,6H2,1-3H3,(H,12,13)(H,14,18)(H,15,16,17). The van der Waals surface area contributed by atoms with Crippen molar-refractivity contribution in [3.8, 4) is 0 Å². The van der Waals surface area contributed by atoms with Gasteiger partial charge in [0.2, 0.25) is 5.82 Å². The molecule has 2 rings (SSSR count). The highest BCUT2D eigenvalue weighted by Crippen LogP contribution is 2.17. The largest absolute Gasteiger partial charge is 0.347 e. The van der Waals surface area contributed by atoms with Gasteiger partial charge in [-0.2, -0.15) is 0 Å². The molecule has 0 atom stereocenters. The minimum atomic E-state index is -0.321. The molecule has 0 radical (unpaired) electrons. The van der Waals surface area contributed by atoms with Crippen molar-refractivity contribution >= 4 is 5.91 Å². The van der Waals surface area contributed by atoms with Crippen LogP contribution >= 0.6 is 0 Å². The summed E-state index contributed by atoms with van der Waals surface area (Å²) in [5.74, 6) is 1.20. The van der Waals surface area contributed by atoms with Crippen molar-refractivity contribution in [2.45, 2.75) is 32.7 Å². The summed E-state index contributed by atoms with van der Waals surface area (Å²) in [7, 11) is 0. The van der Waals surface area contributed by atoms with E-state index >= 15 is 0 Å². The smallest absolute Gasteiger partial charge is 0.291 e. The number of carbonyl (C=O) groups excluding carboxylic acids is 1. The Hall–Kier alpha value is -2.18. The molecular weight excluding hydrogens is 232 g/mol. The van der Waals surface area contributed by atoms with Crippen molar-refractivity contribution in [2.75, 3.05) is 0 Å². The highest BCUT2D eigenvalue weighted by Gasteiger charge is 2.21. The van der Waals surface area contributed by atoms with Crippen LogP contribution in [-0.2, 0) is 12.0 Å². The lowest BCUT2D eigenvalue weighted by molar-refractivity contribution is 0.0940. The Morgan fingerprint density at radius 3 is 2.78 bits per heavy atom. The van der Waals surface area contributed by atoms with Crippen LogP contribution in [0.4, 0.5) is 0 Å². The third kappa shape index (κ3) is 2.73. The summed E-state index contributed by atoms with van der Waals surface area (Å²) in [5, 5.41) is 9.37. The number of hydrogen-bond donors (Lipinski definition) is 3. The highest BCUT2D eigenvalue weighted by atomic mass is 16.2. The lowest BCUT2D eigenvalue weighted by Crippen LogP contribution is -2.24. The normalized spacial score (nSPS) is 11.5. The van der Waals surface area contributed by atoms with Gasteiger partial charge >= 0.3 is 0 Å². The predicted octanol–water partition coefficient (Wildman–Crippen LogP) is 0.755. The van der Waals surface area contributed by atoms with Gasteiger partial charge in [-0.05, 0) is 0 Å². The topological polar surface area (TPSA) is 99.3 Å². The second kappa shape index (κ2) is 4.59. The van der Waals surface area contributed by atoms with E-state index in [1.807, 2.05) is 20.8 Å². The molecule has 0 aromatic carbocycles. The van der Waals surface area contributed by atoms with Gasteiger partial charge in [0.15, 0.2) is 0 Å². The van der Waals surface area contributed by atoms with E-state index in [4.69, 9.17) is 0 Å². The SMILES string of the molecule is CC(C)(C)c1nc(C(=O)NCc2ncc[nH]2)n[nH]1. The number of aromatic nitrogens is 5. The van der Waals surface area contributed by atoms with Gasteiger partial charge in [-0.3, -0.25) is 9.89 Å². The molecule has 0 unspecified atom stereocenters. The van der Waals surface area contributed by atoms with E-state index in [9.17, 15) is 4.79 Å². The van der Waals surface area contributed by atoms with Crippen molar-refractivity contribution < 1.29 is 4.79 Å².